The van der Waals surface area contributed by atoms with E-state index < -0.39 is 0 Å². The number of nitrogens with one attached hydrogen (secondary N) is 1. The molecule has 0 fully saturated rings. The maximum atomic E-state index is 11.4. The number of carbonyl (C=O) groups excluding carboxylic acids is 1. The molecule has 6 heteroatoms. The average Bonchev–Trinajstić information content (AvgIpc) is 2.81. The predicted octanol–water partition coefficient (Wildman–Crippen LogP) is 2.56. The minimum atomic E-state index is -0.386. The number of aryl methyl sites for hydroxylation is 1. The van der Waals surface area contributed by atoms with Gasteiger partial charge in [-0.1, -0.05) is 29.8 Å². The van der Waals surface area contributed by atoms with Gasteiger partial charge in [-0.3, -0.25) is 10.2 Å². The van der Waals surface area contributed by atoms with Gasteiger partial charge in [-0.05, 0) is 24.6 Å². The van der Waals surface area contributed by atoms with Crippen LogP contribution in [0.5, 0.6) is 0 Å². The standard InChI is InChI=1S/C14H15ClN2O3/c1-9-12(14(18)17-16)6-11(20-9)8-19-7-10-4-2-3-5-13(10)15/h2-6H,7-8,16H2,1H3,(H,17,18). The first kappa shape index (κ1) is 14.6. The van der Waals surface area contributed by atoms with Crippen LogP contribution in [-0.4, -0.2) is 5.91 Å². The summed E-state index contributed by atoms with van der Waals surface area (Å²) >= 11 is 6.03. The van der Waals surface area contributed by atoms with Crippen LogP contribution in [0.4, 0.5) is 0 Å². The molecule has 1 aromatic carbocycles. The highest BCUT2D eigenvalue weighted by molar-refractivity contribution is 6.31. The molecule has 0 aliphatic heterocycles. The summed E-state index contributed by atoms with van der Waals surface area (Å²) in [6, 6.07) is 9.07. The number of benzene rings is 1. The van der Waals surface area contributed by atoms with Crippen molar-refractivity contribution < 1.29 is 13.9 Å². The number of hydrogen-bond donors (Lipinski definition) is 2. The zero-order valence-electron chi connectivity index (χ0n) is 11.0. The zero-order chi connectivity index (χ0) is 14.5. The molecule has 0 saturated carbocycles. The van der Waals surface area contributed by atoms with E-state index in [0.29, 0.717) is 28.7 Å². The summed E-state index contributed by atoms with van der Waals surface area (Å²) in [7, 11) is 0. The lowest BCUT2D eigenvalue weighted by molar-refractivity contribution is 0.0923. The second kappa shape index (κ2) is 6.56. The second-order valence-corrected chi connectivity index (χ2v) is 4.65. The number of ether oxygens (including phenoxy) is 1. The number of amides is 1. The van der Waals surface area contributed by atoms with E-state index in [1.165, 1.54) is 0 Å². The zero-order valence-corrected chi connectivity index (χ0v) is 11.7. The molecule has 3 N–H and O–H groups in total. The molecule has 0 unspecified atom stereocenters. The molecule has 20 heavy (non-hydrogen) atoms. The largest absolute Gasteiger partial charge is 0.463 e. The van der Waals surface area contributed by atoms with Crippen molar-refractivity contribution in [2.75, 3.05) is 0 Å². The fraction of sp³-hybridized carbons (Fsp3) is 0.214. The molecule has 106 valence electrons. The number of hydrogen-bond acceptors (Lipinski definition) is 4. The van der Waals surface area contributed by atoms with Crippen molar-refractivity contribution in [3.8, 4) is 0 Å². The minimum Gasteiger partial charge on any atom is -0.463 e. The van der Waals surface area contributed by atoms with Gasteiger partial charge in [0, 0.05) is 5.02 Å². The third-order valence-corrected chi connectivity index (χ3v) is 3.17. The lowest BCUT2D eigenvalue weighted by Crippen LogP contribution is -2.30. The van der Waals surface area contributed by atoms with Crippen LogP contribution in [0.25, 0.3) is 0 Å². The lowest BCUT2D eigenvalue weighted by atomic mass is 10.2. The maximum Gasteiger partial charge on any atom is 0.268 e. The van der Waals surface area contributed by atoms with E-state index in [9.17, 15) is 4.79 Å². The molecule has 0 aliphatic carbocycles. The van der Waals surface area contributed by atoms with Gasteiger partial charge in [0.15, 0.2) is 0 Å². The highest BCUT2D eigenvalue weighted by Crippen LogP contribution is 2.18. The summed E-state index contributed by atoms with van der Waals surface area (Å²) in [4.78, 5) is 11.4. The van der Waals surface area contributed by atoms with Crippen molar-refractivity contribution in [3.05, 3.63) is 58.0 Å². The molecule has 0 atom stereocenters. The normalized spacial score (nSPS) is 10.6. The number of carbonyl (C=O) groups is 1. The van der Waals surface area contributed by atoms with Crippen molar-refractivity contribution >= 4 is 17.5 Å². The summed E-state index contributed by atoms with van der Waals surface area (Å²) in [5, 5.41) is 0.659. The van der Waals surface area contributed by atoms with Crippen LogP contribution >= 0.6 is 11.6 Å². The summed E-state index contributed by atoms with van der Waals surface area (Å²) in [5.41, 5.74) is 3.37. The first-order chi connectivity index (χ1) is 9.61. The van der Waals surface area contributed by atoms with Gasteiger partial charge < -0.3 is 9.15 Å². The van der Waals surface area contributed by atoms with Crippen LogP contribution in [0.2, 0.25) is 5.02 Å². The lowest BCUT2D eigenvalue weighted by Gasteiger charge is -2.04. The number of rotatable bonds is 5. The van der Waals surface area contributed by atoms with Gasteiger partial charge in [-0.2, -0.15) is 0 Å². The molecule has 2 aromatic rings. The Kier molecular flexibility index (Phi) is 4.79. The Balaban J connectivity index is 1.95. The monoisotopic (exact) mass is 294 g/mol. The van der Waals surface area contributed by atoms with Gasteiger partial charge in [0.2, 0.25) is 0 Å². The molecule has 0 aliphatic rings. The van der Waals surface area contributed by atoms with Gasteiger partial charge in [0.1, 0.15) is 18.1 Å². The van der Waals surface area contributed by atoms with Crippen LogP contribution in [0.15, 0.2) is 34.7 Å². The van der Waals surface area contributed by atoms with Gasteiger partial charge in [0.25, 0.3) is 5.91 Å². The van der Waals surface area contributed by atoms with Crippen LogP contribution in [0.3, 0.4) is 0 Å². The number of furan rings is 1. The Bertz CT molecular complexity index is 610. The molecule has 1 amide bonds. The quantitative estimate of drug-likeness (QED) is 0.505. The molecule has 5 nitrogen and oxygen atoms in total. The third-order valence-electron chi connectivity index (χ3n) is 2.80. The molecule has 0 spiro atoms. The molecule has 0 radical (unpaired) electrons. The van der Waals surface area contributed by atoms with Gasteiger partial charge in [0.05, 0.1) is 12.2 Å². The molecular formula is C14H15ClN2O3. The smallest absolute Gasteiger partial charge is 0.268 e. The number of hydrazine groups is 1. The molecule has 0 bridgehead atoms. The molecule has 1 aromatic heterocycles. The Morgan fingerprint density at radius 3 is 2.85 bits per heavy atom. The van der Waals surface area contributed by atoms with Crippen LogP contribution in [0.1, 0.15) is 27.4 Å². The van der Waals surface area contributed by atoms with E-state index in [4.69, 9.17) is 26.6 Å². The van der Waals surface area contributed by atoms with Crippen LogP contribution in [0, 0.1) is 6.92 Å². The van der Waals surface area contributed by atoms with Crippen molar-refractivity contribution in [1.82, 2.24) is 5.43 Å². The van der Waals surface area contributed by atoms with Crippen molar-refractivity contribution in [2.45, 2.75) is 20.1 Å². The van der Waals surface area contributed by atoms with Gasteiger partial charge >= 0.3 is 0 Å². The first-order valence-corrected chi connectivity index (χ1v) is 6.41. The van der Waals surface area contributed by atoms with E-state index in [-0.39, 0.29) is 12.5 Å². The summed E-state index contributed by atoms with van der Waals surface area (Å²) < 4.78 is 11.0. The SMILES string of the molecule is Cc1oc(COCc2ccccc2Cl)cc1C(=O)NN. The van der Waals surface area contributed by atoms with E-state index in [2.05, 4.69) is 5.43 Å². The topological polar surface area (TPSA) is 77.5 Å². The van der Waals surface area contributed by atoms with Gasteiger partial charge in [-0.15, -0.1) is 0 Å². The number of halogens is 1. The second-order valence-electron chi connectivity index (χ2n) is 4.24. The van der Waals surface area contributed by atoms with Crippen LogP contribution in [-0.2, 0) is 18.0 Å². The van der Waals surface area contributed by atoms with E-state index in [0.717, 1.165) is 5.56 Å². The number of nitrogen functional groups attached to an aromatic ring is 1. The van der Waals surface area contributed by atoms with Crippen LogP contribution < -0.4 is 11.3 Å². The fourth-order valence-corrected chi connectivity index (χ4v) is 1.99. The summed E-state index contributed by atoms with van der Waals surface area (Å²) in [6.45, 7) is 2.32. The predicted molar refractivity (Wildman–Crippen MR) is 75.0 cm³/mol. The van der Waals surface area contributed by atoms with E-state index in [1.807, 2.05) is 18.2 Å². The highest BCUT2D eigenvalue weighted by atomic mass is 35.5. The summed E-state index contributed by atoms with van der Waals surface area (Å²) in [6.07, 6.45) is 0. The van der Waals surface area contributed by atoms with E-state index >= 15 is 0 Å². The number of nitrogens with two attached hydrogens (primary N) is 1. The molecule has 2 rings (SSSR count). The maximum absolute atomic E-state index is 11.4. The molecule has 0 saturated heterocycles. The Labute approximate surface area is 121 Å². The van der Waals surface area contributed by atoms with Gasteiger partial charge in [-0.25, -0.2) is 5.84 Å². The van der Waals surface area contributed by atoms with Crippen molar-refractivity contribution in [2.24, 2.45) is 5.84 Å². The van der Waals surface area contributed by atoms with E-state index in [1.54, 1.807) is 19.1 Å². The molecule has 1 heterocycles. The minimum absolute atomic E-state index is 0.254. The molecular weight excluding hydrogens is 280 g/mol. The Hall–Kier alpha value is -1.82. The fourth-order valence-electron chi connectivity index (χ4n) is 1.80. The van der Waals surface area contributed by atoms with Crippen molar-refractivity contribution in [1.29, 1.82) is 0 Å². The first-order valence-electron chi connectivity index (χ1n) is 6.03. The Morgan fingerprint density at radius 1 is 1.40 bits per heavy atom. The van der Waals surface area contributed by atoms with Crippen molar-refractivity contribution in [3.63, 3.8) is 0 Å². The summed E-state index contributed by atoms with van der Waals surface area (Å²) in [5.74, 6) is 5.77. The average molecular weight is 295 g/mol. The third kappa shape index (κ3) is 3.39. The highest BCUT2D eigenvalue weighted by Gasteiger charge is 2.13. The Morgan fingerprint density at radius 2 is 2.15 bits per heavy atom.